The quantitative estimate of drug-likeness (QED) is 0.929. The molecule has 0 bridgehead atoms. The number of aryl methyl sites for hydroxylation is 1. The van der Waals surface area contributed by atoms with Crippen molar-refractivity contribution in [2.75, 3.05) is 11.4 Å². The Labute approximate surface area is 117 Å². The molecule has 0 radical (unpaired) electrons. The predicted molar refractivity (Wildman–Crippen MR) is 77.1 cm³/mol. The average Bonchev–Trinajstić information content (AvgIpc) is 2.84. The fourth-order valence-corrected chi connectivity index (χ4v) is 2.61. The number of carbonyl (C=O) groups is 1. The summed E-state index contributed by atoms with van der Waals surface area (Å²) in [6, 6.07) is 9.34. The molecule has 1 N–H and O–H groups in total. The third-order valence-electron chi connectivity index (χ3n) is 3.78. The molecule has 20 heavy (non-hydrogen) atoms. The first-order chi connectivity index (χ1) is 9.65. The van der Waals surface area contributed by atoms with Crippen molar-refractivity contribution in [3.05, 3.63) is 58.9 Å². The summed E-state index contributed by atoms with van der Waals surface area (Å²) in [4.78, 5) is 17.7. The van der Waals surface area contributed by atoms with Crippen LogP contribution in [-0.4, -0.2) is 22.6 Å². The maximum Gasteiger partial charge on any atom is 0.335 e. The highest BCUT2D eigenvalue weighted by molar-refractivity contribution is 5.89. The first-order valence-electron chi connectivity index (χ1n) is 6.67. The van der Waals surface area contributed by atoms with E-state index in [4.69, 9.17) is 5.11 Å². The van der Waals surface area contributed by atoms with Gasteiger partial charge >= 0.3 is 5.97 Å². The second-order valence-electron chi connectivity index (χ2n) is 5.09. The Balaban J connectivity index is 1.91. The van der Waals surface area contributed by atoms with Crippen LogP contribution < -0.4 is 4.90 Å². The number of aromatic carboxylic acids is 1. The Morgan fingerprint density at radius 3 is 3.00 bits per heavy atom. The van der Waals surface area contributed by atoms with Gasteiger partial charge in [0.2, 0.25) is 0 Å². The molecular weight excluding hydrogens is 252 g/mol. The lowest BCUT2D eigenvalue weighted by Gasteiger charge is -2.20. The van der Waals surface area contributed by atoms with E-state index in [0.717, 1.165) is 36.5 Å². The zero-order chi connectivity index (χ0) is 14.1. The smallest absolute Gasteiger partial charge is 0.335 e. The molecule has 2 aromatic rings. The normalized spacial score (nSPS) is 13.3. The van der Waals surface area contributed by atoms with Gasteiger partial charge in [-0.15, -0.1) is 0 Å². The van der Waals surface area contributed by atoms with Crippen LogP contribution in [0.15, 0.2) is 36.5 Å². The first-order valence-corrected chi connectivity index (χ1v) is 6.67. The van der Waals surface area contributed by atoms with Crippen LogP contribution >= 0.6 is 0 Å². The van der Waals surface area contributed by atoms with E-state index in [-0.39, 0.29) is 0 Å². The lowest BCUT2D eigenvalue weighted by atomic mass is 10.1. The van der Waals surface area contributed by atoms with E-state index in [1.54, 1.807) is 18.3 Å². The van der Waals surface area contributed by atoms with Gasteiger partial charge in [0.1, 0.15) is 0 Å². The molecule has 1 aromatic carbocycles. The molecule has 4 nitrogen and oxygen atoms in total. The third kappa shape index (κ3) is 2.25. The lowest BCUT2D eigenvalue weighted by Crippen LogP contribution is -2.21. The third-order valence-corrected chi connectivity index (χ3v) is 3.78. The highest BCUT2D eigenvalue weighted by atomic mass is 16.4. The highest BCUT2D eigenvalue weighted by Gasteiger charge is 2.21. The summed E-state index contributed by atoms with van der Waals surface area (Å²) in [7, 11) is 0. The predicted octanol–water partition coefficient (Wildman–Crippen LogP) is 2.65. The van der Waals surface area contributed by atoms with Gasteiger partial charge in [-0.25, -0.2) is 4.79 Å². The van der Waals surface area contributed by atoms with Gasteiger partial charge in [0.05, 0.1) is 17.8 Å². The summed E-state index contributed by atoms with van der Waals surface area (Å²) in [5.41, 5.74) is 4.78. The number of aromatic nitrogens is 1. The van der Waals surface area contributed by atoms with Crippen LogP contribution in [0, 0.1) is 6.92 Å². The molecule has 0 atom stereocenters. The molecule has 3 rings (SSSR count). The number of benzene rings is 1. The molecular formula is C16H16N2O2. The second-order valence-corrected chi connectivity index (χ2v) is 5.09. The monoisotopic (exact) mass is 268 g/mol. The van der Waals surface area contributed by atoms with Crippen LogP contribution in [0.4, 0.5) is 5.69 Å². The minimum atomic E-state index is -0.881. The maximum atomic E-state index is 11.1. The van der Waals surface area contributed by atoms with Crippen LogP contribution in [-0.2, 0) is 13.0 Å². The highest BCUT2D eigenvalue weighted by Crippen LogP contribution is 2.30. The number of anilines is 1. The zero-order valence-electron chi connectivity index (χ0n) is 11.3. The first kappa shape index (κ1) is 12.7. The molecule has 0 aliphatic carbocycles. The lowest BCUT2D eigenvalue weighted by molar-refractivity contribution is 0.0697. The van der Waals surface area contributed by atoms with Gasteiger partial charge in [-0.05, 0) is 42.7 Å². The molecule has 0 fully saturated rings. The van der Waals surface area contributed by atoms with Crippen molar-refractivity contribution in [2.45, 2.75) is 19.9 Å². The van der Waals surface area contributed by atoms with Crippen molar-refractivity contribution < 1.29 is 9.90 Å². The van der Waals surface area contributed by atoms with Crippen molar-refractivity contribution in [2.24, 2.45) is 0 Å². The largest absolute Gasteiger partial charge is 0.478 e. The summed E-state index contributed by atoms with van der Waals surface area (Å²) in [5.74, 6) is -0.881. The summed E-state index contributed by atoms with van der Waals surface area (Å²) < 4.78 is 0. The van der Waals surface area contributed by atoms with Crippen LogP contribution in [0.1, 0.15) is 27.2 Å². The SMILES string of the molecule is Cc1cccnc1CN1CCc2ccc(C(=O)O)cc21. The van der Waals surface area contributed by atoms with E-state index in [1.807, 2.05) is 25.1 Å². The Hall–Kier alpha value is -2.36. The molecule has 0 unspecified atom stereocenters. The molecule has 0 saturated heterocycles. The van der Waals surface area contributed by atoms with Crippen molar-refractivity contribution in [1.82, 2.24) is 4.98 Å². The van der Waals surface area contributed by atoms with E-state index in [2.05, 4.69) is 9.88 Å². The number of carboxylic acids is 1. The minimum absolute atomic E-state index is 0.341. The molecule has 1 aromatic heterocycles. The van der Waals surface area contributed by atoms with Gasteiger partial charge in [-0.2, -0.15) is 0 Å². The van der Waals surface area contributed by atoms with Crippen LogP contribution in [0.3, 0.4) is 0 Å². The van der Waals surface area contributed by atoms with Gasteiger partial charge in [-0.3, -0.25) is 4.98 Å². The van der Waals surface area contributed by atoms with E-state index in [1.165, 1.54) is 5.56 Å². The molecule has 0 spiro atoms. The summed E-state index contributed by atoms with van der Waals surface area (Å²) in [5, 5.41) is 9.11. The van der Waals surface area contributed by atoms with E-state index >= 15 is 0 Å². The van der Waals surface area contributed by atoms with Gasteiger partial charge in [0, 0.05) is 18.4 Å². The molecule has 4 heteroatoms. The van der Waals surface area contributed by atoms with Gasteiger partial charge in [-0.1, -0.05) is 12.1 Å². The molecule has 0 amide bonds. The van der Waals surface area contributed by atoms with Crippen molar-refractivity contribution in [3.8, 4) is 0 Å². The van der Waals surface area contributed by atoms with Gasteiger partial charge < -0.3 is 10.0 Å². The van der Waals surface area contributed by atoms with Crippen molar-refractivity contribution in [3.63, 3.8) is 0 Å². The van der Waals surface area contributed by atoms with Crippen LogP contribution in [0.25, 0.3) is 0 Å². The molecule has 0 saturated carbocycles. The number of nitrogens with zero attached hydrogens (tertiary/aromatic N) is 2. The van der Waals surface area contributed by atoms with Crippen molar-refractivity contribution in [1.29, 1.82) is 0 Å². The van der Waals surface area contributed by atoms with Crippen LogP contribution in [0.5, 0.6) is 0 Å². The minimum Gasteiger partial charge on any atom is -0.478 e. The fraction of sp³-hybridized carbons (Fsp3) is 0.250. The number of fused-ring (bicyclic) bond motifs is 1. The Bertz CT molecular complexity index is 667. The standard InChI is InChI=1S/C16H16N2O2/c1-11-3-2-7-17-14(11)10-18-8-6-12-4-5-13(16(19)20)9-15(12)18/h2-5,7,9H,6,8,10H2,1H3,(H,19,20). The van der Waals surface area contributed by atoms with E-state index < -0.39 is 5.97 Å². The van der Waals surface area contributed by atoms with E-state index in [9.17, 15) is 4.79 Å². The topological polar surface area (TPSA) is 53.4 Å². The molecule has 1 aliphatic rings. The van der Waals surface area contributed by atoms with Crippen LogP contribution in [0.2, 0.25) is 0 Å². The molecule has 102 valence electrons. The van der Waals surface area contributed by atoms with Gasteiger partial charge in [0.25, 0.3) is 0 Å². The zero-order valence-corrected chi connectivity index (χ0v) is 11.3. The summed E-state index contributed by atoms with van der Waals surface area (Å²) in [6.45, 7) is 3.68. The maximum absolute atomic E-state index is 11.1. The fourth-order valence-electron chi connectivity index (χ4n) is 2.61. The summed E-state index contributed by atoms with van der Waals surface area (Å²) >= 11 is 0. The number of carboxylic acid groups (broad SMARTS) is 1. The Kier molecular flexibility index (Phi) is 3.14. The Morgan fingerprint density at radius 2 is 2.25 bits per heavy atom. The second kappa shape index (κ2) is 4.96. The van der Waals surface area contributed by atoms with Gasteiger partial charge in [0.15, 0.2) is 0 Å². The number of rotatable bonds is 3. The average molecular weight is 268 g/mol. The number of pyridine rings is 1. The Morgan fingerprint density at radius 1 is 1.40 bits per heavy atom. The molecule has 1 aliphatic heterocycles. The van der Waals surface area contributed by atoms with E-state index in [0.29, 0.717) is 5.56 Å². The summed E-state index contributed by atoms with van der Waals surface area (Å²) in [6.07, 6.45) is 2.76. The number of hydrogen-bond donors (Lipinski definition) is 1. The number of hydrogen-bond acceptors (Lipinski definition) is 3. The van der Waals surface area contributed by atoms with Crippen molar-refractivity contribution >= 4 is 11.7 Å². The molecule has 2 heterocycles.